The summed E-state index contributed by atoms with van der Waals surface area (Å²) in [6, 6.07) is 9.46. The van der Waals surface area contributed by atoms with Gasteiger partial charge in [-0.25, -0.2) is 4.98 Å². The van der Waals surface area contributed by atoms with Crippen LogP contribution in [0, 0.1) is 18.3 Å². The lowest BCUT2D eigenvalue weighted by Gasteiger charge is -2.23. The SMILES string of the molecule is COc1cc(CC(=O)Nc2cc(N3CC[C@@](C)(C4CC4)C3=O)cc(C)n2)cc(-c2cnn(C)c2)c1. The van der Waals surface area contributed by atoms with Crippen LogP contribution in [0.2, 0.25) is 0 Å². The Morgan fingerprint density at radius 2 is 2.00 bits per heavy atom. The summed E-state index contributed by atoms with van der Waals surface area (Å²) >= 11 is 0. The van der Waals surface area contributed by atoms with Gasteiger partial charge in [-0.05, 0) is 61.4 Å². The molecule has 2 aliphatic rings. The summed E-state index contributed by atoms with van der Waals surface area (Å²) < 4.78 is 7.19. The van der Waals surface area contributed by atoms with Gasteiger partial charge in [0.1, 0.15) is 11.6 Å². The van der Waals surface area contributed by atoms with Crippen molar-refractivity contribution in [1.82, 2.24) is 14.8 Å². The lowest BCUT2D eigenvalue weighted by Crippen LogP contribution is -2.34. The smallest absolute Gasteiger partial charge is 0.233 e. The first-order chi connectivity index (χ1) is 16.7. The number of carbonyl (C=O) groups is 2. The molecule has 1 aromatic carbocycles. The fourth-order valence-corrected chi connectivity index (χ4v) is 5.07. The van der Waals surface area contributed by atoms with Gasteiger partial charge in [-0.1, -0.05) is 13.0 Å². The Bertz CT molecular complexity index is 1300. The summed E-state index contributed by atoms with van der Waals surface area (Å²) in [5, 5.41) is 7.15. The van der Waals surface area contributed by atoms with Gasteiger partial charge in [0.05, 0.1) is 25.1 Å². The van der Waals surface area contributed by atoms with Crippen molar-refractivity contribution in [2.45, 2.75) is 39.5 Å². The van der Waals surface area contributed by atoms with Gasteiger partial charge in [0.15, 0.2) is 0 Å². The van der Waals surface area contributed by atoms with Crippen LogP contribution < -0.4 is 15.0 Å². The van der Waals surface area contributed by atoms with E-state index in [4.69, 9.17) is 4.74 Å². The second-order valence-corrected chi connectivity index (χ2v) is 9.95. The van der Waals surface area contributed by atoms with Gasteiger partial charge in [-0.3, -0.25) is 14.3 Å². The molecule has 2 aromatic heterocycles. The van der Waals surface area contributed by atoms with E-state index in [2.05, 4.69) is 22.3 Å². The van der Waals surface area contributed by atoms with Gasteiger partial charge in [0, 0.05) is 42.8 Å². The molecule has 0 spiro atoms. The molecule has 1 aliphatic heterocycles. The van der Waals surface area contributed by atoms with E-state index in [1.165, 1.54) is 0 Å². The van der Waals surface area contributed by atoms with Crippen LogP contribution >= 0.6 is 0 Å². The Labute approximate surface area is 205 Å². The fraction of sp³-hybridized carbons (Fsp3) is 0.407. The lowest BCUT2D eigenvalue weighted by atomic mass is 9.83. The van der Waals surface area contributed by atoms with Crippen molar-refractivity contribution in [3.8, 4) is 16.9 Å². The Morgan fingerprint density at radius 3 is 2.69 bits per heavy atom. The van der Waals surface area contributed by atoms with Crippen LogP contribution in [0.1, 0.15) is 37.4 Å². The van der Waals surface area contributed by atoms with Gasteiger partial charge in [0.2, 0.25) is 11.8 Å². The molecular weight excluding hydrogens is 442 g/mol. The molecule has 1 N–H and O–H groups in total. The number of aryl methyl sites for hydroxylation is 2. The number of benzene rings is 1. The van der Waals surface area contributed by atoms with E-state index in [-0.39, 0.29) is 23.7 Å². The zero-order valence-electron chi connectivity index (χ0n) is 20.7. The first-order valence-electron chi connectivity index (χ1n) is 12.0. The van der Waals surface area contributed by atoms with E-state index in [1.54, 1.807) is 24.1 Å². The number of carbonyl (C=O) groups excluding carboxylic acids is 2. The summed E-state index contributed by atoms with van der Waals surface area (Å²) in [7, 11) is 3.47. The fourth-order valence-electron chi connectivity index (χ4n) is 5.07. The molecule has 3 aromatic rings. The third kappa shape index (κ3) is 4.65. The molecule has 182 valence electrons. The molecule has 1 aliphatic carbocycles. The minimum Gasteiger partial charge on any atom is -0.497 e. The topological polar surface area (TPSA) is 89.3 Å². The average Bonchev–Trinajstić information content (AvgIpc) is 3.52. The van der Waals surface area contributed by atoms with E-state index in [9.17, 15) is 9.59 Å². The number of rotatable bonds is 7. The highest BCUT2D eigenvalue weighted by atomic mass is 16.5. The number of hydrogen-bond donors (Lipinski definition) is 1. The zero-order chi connectivity index (χ0) is 24.7. The number of ether oxygens (including phenoxy) is 1. The van der Waals surface area contributed by atoms with Crippen LogP contribution in [0.25, 0.3) is 11.1 Å². The molecule has 0 bridgehead atoms. The van der Waals surface area contributed by atoms with E-state index in [1.807, 2.05) is 49.3 Å². The zero-order valence-corrected chi connectivity index (χ0v) is 20.7. The van der Waals surface area contributed by atoms with E-state index >= 15 is 0 Å². The number of anilines is 2. The van der Waals surface area contributed by atoms with Gasteiger partial charge < -0.3 is 15.0 Å². The molecule has 3 heterocycles. The van der Waals surface area contributed by atoms with Crippen molar-refractivity contribution in [3.63, 3.8) is 0 Å². The number of pyridine rings is 1. The summed E-state index contributed by atoms with van der Waals surface area (Å²) in [5.41, 5.74) is 3.99. The number of hydrogen-bond acceptors (Lipinski definition) is 5. The van der Waals surface area contributed by atoms with Crippen LogP contribution in [0.15, 0.2) is 42.7 Å². The molecule has 2 fully saturated rings. The monoisotopic (exact) mass is 473 g/mol. The third-order valence-corrected chi connectivity index (χ3v) is 7.19. The molecular formula is C27H31N5O3. The highest BCUT2D eigenvalue weighted by molar-refractivity contribution is 6.01. The molecule has 8 nitrogen and oxygen atoms in total. The summed E-state index contributed by atoms with van der Waals surface area (Å²) in [6.07, 6.45) is 7.01. The van der Waals surface area contributed by atoms with Gasteiger partial charge >= 0.3 is 0 Å². The molecule has 2 amide bonds. The minimum absolute atomic E-state index is 0.164. The molecule has 0 radical (unpaired) electrons. The summed E-state index contributed by atoms with van der Waals surface area (Å²) in [4.78, 5) is 32.5. The Morgan fingerprint density at radius 1 is 1.20 bits per heavy atom. The molecule has 8 heteroatoms. The molecule has 5 rings (SSSR count). The molecule has 35 heavy (non-hydrogen) atoms. The highest BCUT2D eigenvalue weighted by Gasteiger charge is 2.52. The Balaban J connectivity index is 1.33. The maximum absolute atomic E-state index is 13.2. The Hall–Kier alpha value is -3.68. The van der Waals surface area contributed by atoms with Crippen molar-refractivity contribution in [1.29, 1.82) is 0 Å². The van der Waals surface area contributed by atoms with Crippen molar-refractivity contribution in [2.75, 3.05) is 23.9 Å². The molecule has 1 atom stereocenters. The maximum Gasteiger partial charge on any atom is 0.233 e. The quantitative estimate of drug-likeness (QED) is 0.557. The predicted molar refractivity (Wildman–Crippen MR) is 134 cm³/mol. The standard InChI is InChI=1S/C27H31N5O3/c1-17-9-22(32-8-7-27(2,26(32)34)21-5-6-21)14-24(29-17)30-25(33)12-18-10-19(13-23(11-18)35-4)20-15-28-31(3)16-20/h9-11,13-16,21H,5-8,12H2,1-4H3,(H,29,30,33)/t27-/m0/s1. The van der Waals surface area contributed by atoms with Crippen molar-refractivity contribution >= 4 is 23.3 Å². The normalized spacial score (nSPS) is 19.8. The first-order valence-corrected chi connectivity index (χ1v) is 12.0. The molecule has 1 saturated carbocycles. The highest BCUT2D eigenvalue weighted by Crippen LogP contribution is 2.52. The second kappa shape index (κ2) is 8.83. The molecule has 0 unspecified atom stereocenters. The summed E-state index contributed by atoms with van der Waals surface area (Å²) in [6.45, 7) is 4.67. The maximum atomic E-state index is 13.2. The largest absolute Gasteiger partial charge is 0.497 e. The van der Waals surface area contributed by atoms with Crippen LogP contribution in [0.4, 0.5) is 11.5 Å². The lowest BCUT2D eigenvalue weighted by molar-refractivity contribution is -0.125. The summed E-state index contributed by atoms with van der Waals surface area (Å²) in [5.74, 6) is 1.63. The Kier molecular flexibility index (Phi) is 5.83. The van der Waals surface area contributed by atoms with Crippen LogP contribution in [-0.2, 0) is 23.1 Å². The first kappa shape index (κ1) is 23.1. The predicted octanol–water partition coefficient (Wildman–Crippen LogP) is 4.13. The van der Waals surface area contributed by atoms with E-state index in [0.717, 1.165) is 47.3 Å². The van der Waals surface area contributed by atoms with Crippen LogP contribution in [-0.4, -0.2) is 40.2 Å². The van der Waals surface area contributed by atoms with Gasteiger partial charge in [0.25, 0.3) is 0 Å². The van der Waals surface area contributed by atoms with E-state index in [0.29, 0.717) is 24.0 Å². The van der Waals surface area contributed by atoms with Crippen molar-refractivity contribution in [2.24, 2.45) is 18.4 Å². The number of aromatic nitrogens is 3. The van der Waals surface area contributed by atoms with Gasteiger partial charge in [-0.15, -0.1) is 0 Å². The minimum atomic E-state index is -0.265. The number of methoxy groups -OCH3 is 1. The van der Waals surface area contributed by atoms with E-state index < -0.39 is 0 Å². The van der Waals surface area contributed by atoms with Crippen molar-refractivity contribution < 1.29 is 14.3 Å². The van der Waals surface area contributed by atoms with Crippen LogP contribution in [0.5, 0.6) is 5.75 Å². The third-order valence-electron chi connectivity index (χ3n) is 7.19. The van der Waals surface area contributed by atoms with Gasteiger partial charge in [-0.2, -0.15) is 5.10 Å². The average molecular weight is 474 g/mol. The molecule has 1 saturated heterocycles. The van der Waals surface area contributed by atoms with Crippen molar-refractivity contribution in [3.05, 3.63) is 54.0 Å². The number of nitrogens with zero attached hydrogens (tertiary/aromatic N) is 4. The second-order valence-electron chi connectivity index (χ2n) is 9.95. The number of amides is 2. The number of nitrogens with one attached hydrogen (secondary N) is 1. The van der Waals surface area contributed by atoms with Crippen LogP contribution in [0.3, 0.4) is 0 Å².